The highest BCUT2D eigenvalue weighted by atomic mass is 15.3. The average Bonchev–Trinajstić information content (AvgIpc) is 3.26. The number of nitrogens with one attached hydrogen (secondary N) is 1. The van der Waals surface area contributed by atoms with Gasteiger partial charge in [0, 0.05) is 26.2 Å². The van der Waals surface area contributed by atoms with Gasteiger partial charge in [0.15, 0.2) is 5.96 Å². The lowest BCUT2D eigenvalue weighted by molar-refractivity contribution is 0.208. The van der Waals surface area contributed by atoms with Crippen molar-refractivity contribution in [3.63, 3.8) is 0 Å². The van der Waals surface area contributed by atoms with E-state index < -0.39 is 0 Å². The smallest absolute Gasteiger partial charge is 0.193 e. The lowest BCUT2D eigenvalue weighted by Crippen LogP contribution is -2.48. The van der Waals surface area contributed by atoms with E-state index >= 15 is 0 Å². The third kappa shape index (κ3) is 3.12. The SMILES string of the molecule is CCNC(=NCC1(C2CC2)CC1)N1CC(C)CC(C)C1. The monoisotopic (exact) mass is 277 g/mol. The van der Waals surface area contributed by atoms with Crippen molar-refractivity contribution in [2.24, 2.45) is 28.2 Å². The first-order valence-corrected chi connectivity index (χ1v) is 8.66. The fourth-order valence-electron chi connectivity index (χ4n) is 4.05. The van der Waals surface area contributed by atoms with Crippen molar-refractivity contribution in [3.05, 3.63) is 0 Å². The molecule has 3 fully saturated rings. The fourth-order valence-corrected chi connectivity index (χ4v) is 4.05. The molecule has 2 unspecified atom stereocenters. The Morgan fingerprint density at radius 3 is 2.35 bits per heavy atom. The van der Waals surface area contributed by atoms with Crippen molar-refractivity contribution < 1.29 is 0 Å². The second-order valence-electron chi connectivity index (χ2n) is 7.66. The van der Waals surface area contributed by atoms with Crippen LogP contribution in [0.2, 0.25) is 0 Å². The Kier molecular flexibility index (Phi) is 3.96. The summed E-state index contributed by atoms with van der Waals surface area (Å²) in [6.07, 6.45) is 7.14. The molecular weight excluding hydrogens is 246 g/mol. The number of hydrogen-bond donors (Lipinski definition) is 1. The number of likely N-dealkylation sites (tertiary alicyclic amines) is 1. The minimum atomic E-state index is 0.619. The fraction of sp³-hybridized carbons (Fsp3) is 0.941. The van der Waals surface area contributed by atoms with Crippen LogP contribution < -0.4 is 5.32 Å². The lowest BCUT2D eigenvalue weighted by Gasteiger charge is -2.37. The van der Waals surface area contributed by atoms with Crippen molar-refractivity contribution >= 4 is 5.96 Å². The first kappa shape index (κ1) is 14.2. The van der Waals surface area contributed by atoms with Gasteiger partial charge >= 0.3 is 0 Å². The molecule has 3 heteroatoms. The van der Waals surface area contributed by atoms with Crippen LogP contribution in [-0.4, -0.2) is 37.0 Å². The van der Waals surface area contributed by atoms with Crippen LogP contribution in [0.4, 0.5) is 0 Å². The molecule has 0 aromatic rings. The summed E-state index contributed by atoms with van der Waals surface area (Å²) < 4.78 is 0. The van der Waals surface area contributed by atoms with Crippen LogP contribution in [0.25, 0.3) is 0 Å². The number of piperidine rings is 1. The molecule has 1 heterocycles. The third-order valence-electron chi connectivity index (χ3n) is 5.38. The second kappa shape index (κ2) is 5.57. The highest BCUT2D eigenvalue weighted by Crippen LogP contribution is 2.61. The number of nitrogens with zero attached hydrogens (tertiary/aromatic N) is 2. The van der Waals surface area contributed by atoms with Crippen molar-refractivity contribution in [1.82, 2.24) is 10.2 Å². The summed E-state index contributed by atoms with van der Waals surface area (Å²) in [4.78, 5) is 7.54. The first-order valence-electron chi connectivity index (χ1n) is 8.66. The maximum absolute atomic E-state index is 5.03. The van der Waals surface area contributed by atoms with Gasteiger partial charge in [-0.25, -0.2) is 0 Å². The standard InChI is InChI=1S/C17H31N3/c1-4-18-16(20-10-13(2)9-14(3)11-20)19-12-17(7-8-17)15-5-6-15/h13-15H,4-12H2,1-3H3,(H,18,19). The van der Waals surface area contributed by atoms with Crippen LogP contribution in [0.15, 0.2) is 4.99 Å². The van der Waals surface area contributed by atoms with E-state index in [2.05, 4.69) is 31.0 Å². The van der Waals surface area contributed by atoms with Gasteiger partial charge in [0.05, 0.1) is 0 Å². The quantitative estimate of drug-likeness (QED) is 0.631. The Morgan fingerprint density at radius 1 is 1.20 bits per heavy atom. The van der Waals surface area contributed by atoms with Crippen molar-refractivity contribution in [3.8, 4) is 0 Å². The predicted octanol–water partition coefficient (Wildman–Crippen LogP) is 3.12. The third-order valence-corrected chi connectivity index (χ3v) is 5.38. The number of aliphatic imine (C=N–C) groups is 1. The summed E-state index contributed by atoms with van der Waals surface area (Å²) in [7, 11) is 0. The number of hydrogen-bond acceptors (Lipinski definition) is 1. The highest BCUT2D eigenvalue weighted by molar-refractivity contribution is 5.80. The molecule has 3 rings (SSSR count). The Bertz CT molecular complexity index is 358. The van der Waals surface area contributed by atoms with Gasteiger partial charge in [0.1, 0.15) is 0 Å². The zero-order chi connectivity index (χ0) is 14.2. The average molecular weight is 277 g/mol. The van der Waals surface area contributed by atoms with E-state index in [1.807, 2.05) is 0 Å². The zero-order valence-electron chi connectivity index (χ0n) is 13.5. The topological polar surface area (TPSA) is 27.6 Å². The molecule has 0 amide bonds. The van der Waals surface area contributed by atoms with E-state index in [9.17, 15) is 0 Å². The Labute approximate surface area is 124 Å². The molecule has 2 atom stereocenters. The molecule has 2 saturated carbocycles. The maximum Gasteiger partial charge on any atom is 0.193 e. The predicted molar refractivity (Wildman–Crippen MR) is 84.9 cm³/mol. The number of rotatable bonds is 4. The minimum absolute atomic E-state index is 0.619. The summed E-state index contributed by atoms with van der Waals surface area (Å²) in [6.45, 7) is 11.3. The molecule has 1 saturated heterocycles. The van der Waals surface area contributed by atoms with Gasteiger partial charge in [-0.2, -0.15) is 0 Å². The lowest BCUT2D eigenvalue weighted by atomic mass is 9.92. The van der Waals surface area contributed by atoms with E-state index in [-0.39, 0.29) is 0 Å². The molecule has 20 heavy (non-hydrogen) atoms. The summed E-state index contributed by atoms with van der Waals surface area (Å²) in [6, 6.07) is 0. The van der Waals surface area contributed by atoms with Gasteiger partial charge in [-0.1, -0.05) is 13.8 Å². The van der Waals surface area contributed by atoms with Crippen LogP contribution in [0, 0.1) is 23.2 Å². The van der Waals surface area contributed by atoms with E-state index in [4.69, 9.17) is 4.99 Å². The van der Waals surface area contributed by atoms with Crippen LogP contribution in [0.3, 0.4) is 0 Å². The van der Waals surface area contributed by atoms with Gasteiger partial charge in [0.2, 0.25) is 0 Å². The Hall–Kier alpha value is -0.730. The van der Waals surface area contributed by atoms with Gasteiger partial charge in [-0.3, -0.25) is 4.99 Å². The second-order valence-corrected chi connectivity index (χ2v) is 7.66. The summed E-state index contributed by atoms with van der Waals surface area (Å²) in [5.41, 5.74) is 0.619. The summed E-state index contributed by atoms with van der Waals surface area (Å²) in [5.74, 6) is 3.77. The largest absolute Gasteiger partial charge is 0.357 e. The van der Waals surface area contributed by atoms with Gasteiger partial charge < -0.3 is 10.2 Å². The molecule has 0 spiro atoms. The van der Waals surface area contributed by atoms with Gasteiger partial charge in [-0.05, 0) is 62.2 Å². The molecule has 114 valence electrons. The maximum atomic E-state index is 5.03. The molecule has 3 aliphatic rings. The normalized spacial score (nSPS) is 33.1. The number of guanidine groups is 1. The minimum Gasteiger partial charge on any atom is -0.357 e. The Morgan fingerprint density at radius 2 is 1.85 bits per heavy atom. The molecule has 0 bridgehead atoms. The molecule has 1 N–H and O–H groups in total. The van der Waals surface area contributed by atoms with Crippen LogP contribution in [0.5, 0.6) is 0 Å². The summed E-state index contributed by atoms with van der Waals surface area (Å²) in [5, 5.41) is 3.53. The van der Waals surface area contributed by atoms with E-state index in [1.54, 1.807) is 0 Å². The van der Waals surface area contributed by atoms with E-state index in [1.165, 1.54) is 51.2 Å². The van der Waals surface area contributed by atoms with Crippen molar-refractivity contribution in [2.45, 2.75) is 52.9 Å². The zero-order valence-corrected chi connectivity index (χ0v) is 13.5. The van der Waals surface area contributed by atoms with Crippen molar-refractivity contribution in [1.29, 1.82) is 0 Å². The molecule has 0 aromatic carbocycles. The van der Waals surface area contributed by atoms with Gasteiger partial charge in [-0.15, -0.1) is 0 Å². The van der Waals surface area contributed by atoms with E-state index in [0.717, 1.165) is 30.8 Å². The first-order chi connectivity index (χ1) is 9.63. The molecule has 2 aliphatic carbocycles. The van der Waals surface area contributed by atoms with Crippen LogP contribution in [0.1, 0.15) is 52.9 Å². The Balaban J connectivity index is 1.64. The summed E-state index contributed by atoms with van der Waals surface area (Å²) >= 11 is 0. The molecule has 0 aromatic heterocycles. The molecule has 0 radical (unpaired) electrons. The van der Waals surface area contributed by atoms with Gasteiger partial charge in [0.25, 0.3) is 0 Å². The van der Waals surface area contributed by atoms with Crippen LogP contribution >= 0.6 is 0 Å². The molecule has 3 nitrogen and oxygen atoms in total. The molecular formula is C17H31N3. The van der Waals surface area contributed by atoms with Crippen molar-refractivity contribution in [2.75, 3.05) is 26.2 Å². The highest BCUT2D eigenvalue weighted by Gasteiger charge is 2.53. The van der Waals surface area contributed by atoms with Crippen LogP contribution in [-0.2, 0) is 0 Å². The molecule has 1 aliphatic heterocycles. The van der Waals surface area contributed by atoms with E-state index in [0.29, 0.717) is 5.41 Å².